The fourth-order valence-corrected chi connectivity index (χ4v) is 2.70. The molecule has 20 heavy (non-hydrogen) atoms. The summed E-state index contributed by atoms with van der Waals surface area (Å²) in [7, 11) is 0. The summed E-state index contributed by atoms with van der Waals surface area (Å²) < 4.78 is 0. The highest BCUT2D eigenvalue weighted by atomic mass is 16.3. The molecule has 0 aliphatic carbocycles. The maximum atomic E-state index is 12.1. The molecule has 0 bridgehead atoms. The van der Waals surface area contributed by atoms with Crippen LogP contribution in [0, 0.1) is 0 Å². The maximum Gasteiger partial charge on any atom is 0.238 e. The number of nitrogens with zero attached hydrogens (tertiary/aromatic N) is 1. The van der Waals surface area contributed by atoms with Gasteiger partial charge in [-0.15, -0.1) is 0 Å². The normalized spacial score (nSPS) is 19.8. The molecule has 1 atom stereocenters. The molecule has 1 aliphatic heterocycles. The molecule has 0 saturated carbocycles. The lowest BCUT2D eigenvalue weighted by Crippen LogP contribution is -2.44. The van der Waals surface area contributed by atoms with Gasteiger partial charge in [-0.2, -0.15) is 0 Å². The Kier molecular flexibility index (Phi) is 5.38. The number of carbonyl (C=O) groups is 1. The van der Waals surface area contributed by atoms with Crippen molar-refractivity contribution in [3.05, 3.63) is 24.3 Å². The number of rotatable bonds is 5. The van der Waals surface area contributed by atoms with Gasteiger partial charge in [0.2, 0.25) is 5.91 Å². The highest BCUT2D eigenvalue weighted by Gasteiger charge is 2.23. The van der Waals surface area contributed by atoms with E-state index >= 15 is 0 Å². The van der Waals surface area contributed by atoms with Gasteiger partial charge in [-0.05, 0) is 50.1 Å². The number of hydrogen-bond donors (Lipinski definition) is 3. The topological polar surface area (TPSA) is 78.6 Å². The predicted molar refractivity (Wildman–Crippen MR) is 80.4 cm³/mol. The molecule has 5 heteroatoms. The zero-order valence-electron chi connectivity index (χ0n) is 11.7. The molecular weight excluding hydrogens is 254 g/mol. The van der Waals surface area contributed by atoms with Gasteiger partial charge >= 0.3 is 0 Å². The Morgan fingerprint density at radius 3 is 2.80 bits per heavy atom. The number of amides is 1. The van der Waals surface area contributed by atoms with Crippen molar-refractivity contribution in [1.82, 2.24) is 4.90 Å². The molecule has 0 spiro atoms. The molecule has 1 heterocycles. The molecule has 5 nitrogen and oxygen atoms in total. The zero-order valence-corrected chi connectivity index (χ0v) is 11.7. The van der Waals surface area contributed by atoms with Gasteiger partial charge in [-0.3, -0.25) is 9.69 Å². The van der Waals surface area contributed by atoms with Crippen molar-refractivity contribution < 1.29 is 9.90 Å². The lowest BCUT2D eigenvalue weighted by atomic mass is 10.00. The van der Waals surface area contributed by atoms with E-state index in [9.17, 15) is 4.79 Å². The van der Waals surface area contributed by atoms with Gasteiger partial charge in [0.15, 0.2) is 0 Å². The largest absolute Gasteiger partial charge is 0.399 e. The molecule has 1 fully saturated rings. The van der Waals surface area contributed by atoms with Crippen LogP contribution >= 0.6 is 0 Å². The van der Waals surface area contributed by atoms with Gasteiger partial charge in [-0.1, -0.05) is 6.42 Å². The van der Waals surface area contributed by atoms with Gasteiger partial charge in [0.1, 0.15) is 0 Å². The molecule has 2 rings (SSSR count). The molecule has 1 aromatic rings. The average molecular weight is 277 g/mol. The number of hydrogen-bond acceptors (Lipinski definition) is 4. The van der Waals surface area contributed by atoms with Crippen LogP contribution in [0.3, 0.4) is 0 Å². The van der Waals surface area contributed by atoms with Crippen LogP contribution in [0.4, 0.5) is 11.4 Å². The van der Waals surface area contributed by atoms with E-state index in [1.807, 2.05) is 0 Å². The first-order valence-electron chi connectivity index (χ1n) is 7.19. The molecule has 1 unspecified atom stereocenters. The Bertz CT molecular complexity index is 431. The van der Waals surface area contributed by atoms with Crippen molar-refractivity contribution in [2.24, 2.45) is 0 Å². The third kappa shape index (κ3) is 4.21. The number of nitrogen functional groups attached to an aromatic ring is 1. The van der Waals surface area contributed by atoms with E-state index in [1.165, 1.54) is 6.42 Å². The molecular formula is C15H23N3O2. The van der Waals surface area contributed by atoms with Crippen LogP contribution in [-0.2, 0) is 4.79 Å². The van der Waals surface area contributed by atoms with Crippen molar-refractivity contribution in [2.45, 2.75) is 31.7 Å². The first kappa shape index (κ1) is 14.8. The Labute approximate surface area is 119 Å². The Morgan fingerprint density at radius 2 is 2.10 bits per heavy atom. The van der Waals surface area contributed by atoms with Crippen LogP contribution in [0.15, 0.2) is 24.3 Å². The van der Waals surface area contributed by atoms with Crippen molar-refractivity contribution in [2.75, 3.05) is 30.7 Å². The third-order valence-corrected chi connectivity index (χ3v) is 3.75. The fourth-order valence-electron chi connectivity index (χ4n) is 2.70. The summed E-state index contributed by atoms with van der Waals surface area (Å²) >= 11 is 0. The van der Waals surface area contributed by atoms with Crippen LogP contribution in [0.2, 0.25) is 0 Å². The number of anilines is 2. The summed E-state index contributed by atoms with van der Waals surface area (Å²) in [5, 5.41) is 12.0. The number of nitrogens with two attached hydrogens (primary N) is 1. The van der Waals surface area contributed by atoms with E-state index in [0.29, 0.717) is 18.3 Å². The summed E-state index contributed by atoms with van der Waals surface area (Å²) in [6.45, 7) is 1.50. The number of likely N-dealkylation sites (tertiary alicyclic amines) is 1. The second-order valence-electron chi connectivity index (χ2n) is 5.30. The highest BCUT2D eigenvalue weighted by molar-refractivity contribution is 5.92. The predicted octanol–water partition coefficient (Wildman–Crippen LogP) is 1.44. The van der Waals surface area contributed by atoms with Crippen LogP contribution < -0.4 is 11.1 Å². The Hall–Kier alpha value is -1.59. The van der Waals surface area contributed by atoms with Gasteiger partial charge in [0.25, 0.3) is 0 Å². The standard InChI is InChI=1S/C15H23N3O2/c16-12-4-6-13(7-5-12)17-15(20)11-18-9-2-1-3-14(18)8-10-19/h4-7,14,19H,1-3,8-11,16H2,(H,17,20). The molecule has 1 aliphatic rings. The van der Waals surface area contributed by atoms with Crippen LogP contribution in [0.1, 0.15) is 25.7 Å². The lowest BCUT2D eigenvalue weighted by molar-refractivity contribution is -0.118. The monoisotopic (exact) mass is 277 g/mol. The number of aliphatic hydroxyl groups is 1. The molecule has 0 aromatic heterocycles. The highest BCUT2D eigenvalue weighted by Crippen LogP contribution is 2.19. The number of aliphatic hydroxyl groups excluding tert-OH is 1. The minimum atomic E-state index is -0.0142. The summed E-state index contributed by atoms with van der Waals surface area (Å²) in [4.78, 5) is 14.2. The summed E-state index contributed by atoms with van der Waals surface area (Å²) in [5.41, 5.74) is 7.06. The van der Waals surface area contributed by atoms with Crippen LogP contribution in [0.5, 0.6) is 0 Å². The first-order valence-corrected chi connectivity index (χ1v) is 7.19. The second kappa shape index (κ2) is 7.26. The smallest absolute Gasteiger partial charge is 0.238 e. The van der Waals surface area contributed by atoms with Crippen LogP contribution in [-0.4, -0.2) is 41.7 Å². The molecule has 4 N–H and O–H groups in total. The summed E-state index contributed by atoms with van der Waals surface area (Å²) in [6.07, 6.45) is 4.11. The van der Waals surface area contributed by atoms with Crippen LogP contribution in [0.25, 0.3) is 0 Å². The quantitative estimate of drug-likeness (QED) is 0.712. The minimum Gasteiger partial charge on any atom is -0.399 e. The van der Waals surface area contributed by atoms with E-state index in [4.69, 9.17) is 10.8 Å². The SMILES string of the molecule is Nc1ccc(NC(=O)CN2CCCCC2CCO)cc1. The number of carbonyl (C=O) groups excluding carboxylic acids is 1. The number of nitrogens with one attached hydrogen (secondary N) is 1. The van der Waals surface area contributed by atoms with Crippen molar-refractivity contribution in [1.29, 1.82) is 0 Å². The van der Waals surface area contributed by atoms with Gasteiger partial charge < -0.3 is 16.2 Å². The van der Waals surface area contributed by atoms with E-state index in [0.717, 1.165) is 31.5 Å². The lowest BCUT2D eigenvalue weighted by Gasteiger charge is -2.34. The summed E-state index contributed by atoms with van der Waals surface area (Å²) in [6, 6.07) is 7.46. The molecule has 1 saturated heterocycles. The van der Waals surface area contributed by atoms with E-state index < -0.39 is 0 Å². The third-order valence-electron chi connectivity index (χ3n) is 3.75. The molecule has 0 radical (unpaired) electrons. The summed E-state index contributed by atoms with van der Waals surface area (Å²) in [5.74, 6) is -0.0142. The Morgan fingerprint density at radius 1 is 1.35 bits per heavy atom. The van der Waals surface area contributed by atoms with Crippen molar-refractivity contribution in [3.63, 3.8) is 0 Å². The molecule has 110 valence electrons. The van der Waals surface area contributed by atoms with E-state index in [-0.39, 0.29) is 12.5 Å². The molecule has 1 amide bonds. The van der Waals surface area contributed by atoms with Gasteiger partial charge in [-0.25, -0.2) is 0 Å². The van der Waals surface area contributed by atoms with Crippen molar-refractivity contribution >= 4 is 17.3 Å². The minimum absolute atomic E-state index is 0.0142. The molecule has 1 aromatic carbocycles. The van der Waals surface area contributed by atoms with Crippen molar-refractivity contribution in [3.8, 4) is 0 Å². The van der Waals surface area contributed by atoms with Gasteiger partial charge in [0, 0.05) is 24.0 Å². The fraction of sp³-hybridized carbons (Fsp3) is 0.533. The number of benzene rings is 1. The Balaban J connectivity index is 1.87. The maximum absolute atomic E-state index is 12.1. The van der Waals surface area contributed by atoms with Gasteiger partial charge in [0.05, 0.1) is 6.54 Å². The van der Waals surface area contributed by atoms with E-state index in [2.05, 4.69) is 10.2 Å². The number of piperidine rings is 1. The van der Waals surface area contributed by atoms with E-state index in [1.54, 1.807) is 24.3 Å². The second-order valence-corrected chi connectivity index (χ2v) is 5.30. The average Bonchev–Trinajstić information content (AvgIpc) is 2.44. The zero-order chi connectivity index (χ0) is 14.4. The first-order chi connectivity index (χ1) is 9.69.